The molecule has 2 heterocycles. The number of para-hydroxylation sites is 2. The number of benzene rings is 2. The van der Waals surface area contributed by atoms with Gasteiger partial charge in [0, 0.05) is 50.9 Å². The first-order valence-corrected chi connectivity index (χ1v) is 8.30. The van der Waals surface area contributed by atoms with Crippen molar-refractivity contribution in [3.63, 3.8) is 0 Å². The Hall–Kier alpha value is -3.27. The van der Waals surface area contributed by atoms with E-state index >= 15 is 0 Å². The van der Waals surface area contributed by atoms with Crippen LogP contribution >= 0.6 is 0 Å². The molecule has 0 aliphatic heterocycles. The molecule has 2 N–H and O–H groups in total. The van der Waals surface area contributed by atoms with Crippen LogP contribution in [0.15, 0.2) is 60.8 Å². The van der Waals surface area contributed by atoms with Crippen LogP contribution in [0, 0.1) is 0 Å². The molecule has 4 aromatic rings. The van der Waals surface area contributed by atoms with Gasteiger partial charge >= 0.3 is 5.97 Å². The Labute approximate surface area is 145 Å². The Kier molecular flexibility index (Phi) is 3.86. The van der Waals surface area contributed by atoms with Crippen LogP contribution in [0.1, 0.15) is 12.6 Å². The summed E-state index contributed by atoms with van der Waals surface area (Å²) in [5, 5.41) is 2.27. The summed E-state index contributed by atoms with van der Waals surface area (Å²) in [6.07, 6.45) is 5.27. The van der Waals surface area contributed by atoms with Crippen molar-refractivity contribution < 1.29 is 9.53 Å². The Morgan fingerprint density at radius 3 is 2.56 bits per heavy atom. The fourth-order valence-electron chi connectivity index (χ4n) is 3.20. The minimum Gasteiger partial charge on any atom is -0.463 e. The van der Waals surface area contributed by atoms with Gasteiger partial charge in [0.05, 0.1) is 6.61 Å². The summed E-state index contributed by atoms with van der Waals surface area (Å²) in [7, 11) is 0. The van der Waals surface area contributed by atoms with Crippen LogP contribution in [0.2, 0.25) is 0 Å². The summed E-state index contributed by atoms with van der Waals surface area (Å²) < 4.78 is 4.99. The number of hydrogen-bond acceptors (Lipinski definition) is 2. The fraction of sp³-hybridized carbons (Fsp3) is 0.0952. The van der Waals surface area contributed by atoms with Crippen LogP contribution in [-0.4, -0.2) is 22.5 Å². The predicted octanol–water partition coefficient (Wildman–Crippen LogP) is 4.89. The van der Waals surface area contributed by atoms with E-state index in [9.17, 15) is 4.79 Å². The van der Waals surface area contributed by atoms with Gasteiger partial charge in [-0.05, 0) is 25.1 Å². The van der Waals surface area contributed by atoms with E-state index in [-0.39, 0.29) is 5.97 Å². The van der Waals surface area contributed by atoms with E-state index in [2.05, 4.69) is 28.2 Å². The topological polar surface area (TPSA) is 57.9 Å². The van der Waals surface area contributed by atoms with E-state index in [4.69, 9.17) is 4.74 Å². The molecule has 124 valence electrons. The summed E-state index contributed by atoms with van der Waals surface area (Å²) in [4.78, 5) is 18.4. The first kappa shape index (κ1) is 15.3. The molecule has 0 aliphatic rings. The maximum absolute atomic E-state index is 11.7. The van der Waals surface area contributed by atoms with Crippen LogP contribution < -0.4 is 0 Å². The van der Waals surface area contributed by atoms with E-state index in [1.165, 1.54) is 6.08 Å². The zero-order valence-corrected chi connectivity index (χ0v) is 13.9. The summed E-state index contributed by atoms with van der Waals surface area (Å²) in [6.45, 7) is 2.16. The largest absolute Gasteiger partial charge is 0.463 e. The van der Waals surface area contributed by atoms with E-state index < -0.39 is 0 Å². The second-order valence-electron chi connectivity index (χ2n) is 5.79. The highest BCUT2D eigenvalue weighted by molar-refractivity contribution is 6.08. The number of ether oxygens (including phenoxy) is 1. The van der Waals surface area contributed by atoms with Gasteiger partial charge in [0.15, 0.2) is 0 Å². The van der Waals surface area contributed by atoms with Crippen molar-refractivity contribution in [3.8, 4) is 11.1 Å². The molecule has 2 aromatic heterocycles. The van der Waals surface area contributed by atoms with Gasteiger partial charge in [-0.25, -0.2) is 4.79 Å². The fourth-order valence-corrected chi connectivity index (χ4v) is 3.20. The standard InChI is InChI=1S/C21H18N2O2/c1-2-25-20(24)12-11-19-21(15-8-4-6-10-18(15)23-19)16-13-22-17-9-5-3-7-14(16)17/h3-13,22-23H,2H2,1H3/b12-11+. The van der Waals surface area contributed by atoms with Crippen LogP contribution in [0.3, 0.4) is 0 Å². The molecule has 0 radical (unpaired) electrons. The zero-order chi connectivity index (χ0) is 17.2. The summed E-state index contributed by atoms with van der Waals surface area (Å²) in [5.41, 5.74) is 5.19. The Balaban J connectivity index is 1.92. The van der Waals surface area contributed by atoms with Crippen LogP contribution in [0.4, 0.5) is 0 Å². The highest BCUT2D eigenvalue weighted by Crippen LogP contribution is 2.37. The molecule has 0 saturated heterocycles. The lowest BCUT2D eigenvalue weighted by atomic mass is 10.0. The van der Waals surface area contributed by atoms with Crippen molar-refractivity contribution in [2.24, 2.45) is 0 Å². The molecular weight excluding hydrogens is 312 g/mol. The van der Waals surface area contributed by atoms with E-state index in [1.54, 1.807) is 13.0 Å². The van der Waals surface area contributed by atoms with Gasteiger partial charge in [-0.1, -0.05) is 36.4 Å². The van der Waals surface area contributed by atoms with Gasteiger partial charge in [0.2, 0.25) is 0 Å². The Morgan fingerprint density at radius 2 is 1.76 bits per heavy atom. The molecular formula is C21H18N2O2. The molecule has 4 nitrogen and oxygen atoms in total. The van der Waals surface area contributed by atoms with Gasteiger partial charge in [0.25, 0.3) is 0 Å². The zero-order valence-electron chi connectivity index (χ0n) is 13.9. The summed E-state index contributed by atoms with van der Waals surface area (Å²) in [5.74, 6) is -0.342. The van der Waals surface area contributed by atoms with Crippen LogP contribution in [0.25, 0.3) is 39.0 Å². The predicted molar refractivity (Wildman–Crippen MR) is 101 cm³/mol. The lowest BCUT2D eigenvalue weighted by Gasteiger charge is -2.01. The van der Waals surface area contributed by atoms with Gasteiger partial charge < -0.3 is 14.7 Å². The third-order valence-corrected chi connectivity index (χ3v) is 4.27. The summed E-state index contributed by atoms with van der Waals surface area (Å²) in [6, 6.07) is 16.3. The van der Waals surface area contributed by atoms with Crippen molar-refractivity contribution >= 4 is 33.9 Å². The lowest BCUT2D eigenvalue weighted by molar-refractivity contribution is -0.137. The molecule has 0 saturated carbocycles. The van der Waals surface area contributed by atoms with E-state index in [0.717, 1.165) is 38.6 Å². The van der Waals surface area contributed by atoms with Crippen LogP contribution in [0.5, 0.6) is 0 Å². The highest BCUT2D eigenvalue weighted by Gasteiger charge is 2.15. The van der Waals surface area contributed by atoms with Crippen molar-refractivity contribution in [2.75, 3.05) is 6.61 Å². The minimum atomic E-state index is -0.342. The second kappa shape index (κ2) is 6.32. The van der Waals surface area contributed by atoms with Crippen molar-refractivity contribution in [1.82, 2.24) is 9.97 Å². The lowest BCUT2D eigenvalue weighted by Crippen LogP contribution is -1.98. The average molecular weight is 330 g/mol. The van der Waals surface area contributed by atoms with Gasteiger partial charge in [0.1, 0.15) is 0 Å². The van der Waals surface area contributed by atoms with Gasteiger partial charge in [-0.3, -0.25) is 0 Å². The Bertz CT molecular complexity index is 1090. The Morgan fingerprint density at radius 1 is 1.04 bits per heavy atom. The first-order chi connectivity index (χ1) is 12.3. The molecule has 0 amide bonds. The number of nitrogens with one attached hydrogen (secondary N) is 2. The first-order valence-electron chi connectivity index (χ1n) is 8.30. The van der Waals surface area contributed by atoms with Crippen molar-refractivity contribution in [3.05, 3.63) is 66.5 Å². The molecule has 0 fully saturated rings. The van der Waals surface area contributed by atoms with Gasteiger partial charge in [-0.15, -0.1) is 0 Å². The van der Waals surface area contributed by atoms with E-state index in [0.29, 0.717) is 6.61 Å². The monoisotopic (exact) mass is 330 g/mol. The molecule has 4 rings (SSSR count). The molecule has 4 heteroatoms. The molecule has 0 bridgehead atoms. The third kappa shape index (κ3) is 2.72. The number of H-pyrrole nitrogens is 2. The van der Waals surface area contributed by atoms with Crippen LogP contribution in [-0.2, 0) is 9.53 Å². The minimum absolute atomic E-state index is 0.342. The number of aromatic amines is 2. The molecule has 0 unspecified atom stereocenters. The van der Waals surface area contributed by atoms with Crippen molar-refractivity contribution in [1.29, 1.82) is 0 Å². The maximum Gasteiger partial charge on any atom is 0.330 e. The molecule has 2 aromatic carbocycles. The van der Waals surface area contributed by atoms with Gasteiger partial charge in [-0.2, -0.15) is 0 Å². The van der Waals surface area contributed by atoms with E-state index in [1.807, 2.05) is 36.5 Å². The molecule has 25 heavy (non-hydrogen) atoms. The third-order valence-electron chi connectivity index (χ3n) is 4.27. The normalized spacial score (nSPS) is 11.6. The SMILES string of the molecule is CCOC(=O)/C=C/c1[nH]c2ccccc2c1-c1c[nH]c2ccccc12. The number of rotatable bonds is 4. The number of carbonyl (C=O) groups is 1. The number of fused-ring (bicyclic) bond motifs is 2. The number of carbonyl (C=O) groups excluding carboxylic acids is 1. The average Bonchev–Trinajstić information content (AvgIpc) is 3.20. The number of esters is 1. The molecule has 0 aliphatic carbocycles. The maximum atomic E-state index is 11.7. The molecule has 0 spiro atoms. The highest BCUT2D eigenvalue weighted by atomic mass is 16.5. The number of hydrogen-bond donors (Lipinski definition) is 2. The quantitative estimate of drug-likeness (QED) is 0.413. The van der Waals surface area contributed by atoms with Crippen molar-refractivity contribution in [2.45, 2.75) is 6.92 Å². The molecule has 0 atom stereocenters. The number of aromatic nitrogens is 2. The summed E-state index contributed by atoms with van der Waals surface area (Å²) >= 11 is 0. The smallest absolute Gasteiger partial charge is 0.330 e. The second-order valence-corrected chi connectivity index (χ2v) is 5.79.